The van der Waals surface area contributed by atoms with Crippen LogP contribution in [-0.2, 0) is 4.74 Å². The van der Waals surface area contributed by atoms with Crippen LogP contribution in [-0.4, -0.2) is 17.3 Å². The topological polar surface area (TPSA) is 29.5 Å². The summed E-state index contributed by atoms with van der Waals surface area (Å²) in [5.74, 6) is 0.337. The van der Waals surface area contributed by atoms with Gasteiger partial charge >= 0.3 is 0 Å². The van der Waals surface area contributed by atoms with E-state index in [9.17, 15) is 5.11 Å². The fourth-order valence-electron chi connectivity index (χ4n) is 3.32. The highest BCUT2D eigenvalue weighted by Crippen LogP contribution is 2.47. The average Bonchev–Trinajstić information content (AvgIpc) is 2.39. The lowest BCUT2D eigenvalue weighted by molar-refractivity contribution is -0.157. The third kappa shape index (κ3) is 2.61. The van der Waals surface area contributed by atoms with Crippen molar-refractivity contribution in [1.29, 1.82) is 0 Å². The van der Waals surface area contributed by atoms with E-state index in [0.717, 1.165) is 29.5 Å². The first-order valence-electron chi connectivity index (χ1n) is 7.18. The normalized spacial score (nSPS) is 27.0. The molecule has 1 aromatic rings. The zero-order valence-electron chi connectivity index (χ0n) is 11.4. The molecular formula is C16H21BrO2. The molecule has 1 aromatic carbocycles. The van der Waals surface area contributed by atoms with Gasteiger partial charge in [0.25, 0.3) is 0 Å². The second-order valence-corrected chi connectivity index (χ2v) is 6.95. The maximum atomic E-state index is 10.6. The molecule has 1 saturated heterocycles. The lowest BCUT2D eigenvalue weighted by Crippen LogP contribution is -2.46. The van der Waals surface area contributed by atoms with Crippen LogP contribution >= 0.6 is 15.9 Å². The summed E-state index contributed by atoms with van der Waals surface area (Å²) in [6.07, 6.45) is 5.24. The summed E-state index contributed by atoms with van der Waals surface area (Å²) in [5, 5.41) is 10.6. The number of hydrogen-bond donors (Lipinski definition) is 1. The summed E-state index contributed by atoms with van der Waals surface area (Å²) < 4.78 is 7.02. The van der Waals surface area contributed by atoms with E-state index in [1.807, 2.05) is 6.07 Å². The van der Waals surface area contributed by atoms with Gasteiger partial charge in [-0.1, -0.05) is 28.1 Å². The van der Waals surface area contributed by atoms with E-state index in [2.05, 4.69) is 35.0 Å². The van der Waals surface area contributed by atoms with Crippen molar-refractivity contribution in [2.24, 2.45) is 5.92 Å². The molecule has 0 aromatic heterocycles. The molecule has 3 rings (SSSR count). The highest BCUT2D eigenvalue weighted by Gasteiger charge is 2.44. The quantitative estimate of drug-likeness (QED) is 0.885. The standard InChI is InChI=1S/C16H21BrO2/c1-11-3-4-12(9-14(11)17)15(18)13-5-8-19-16(10-13)6-2-7-16/h3-4,9,13,15,18H,2,5-8,10H2,1H3. The second kappa shape index (κ2) is 5.19. The van der Waals surface area contributed by atoms with Gasteiger partial charge in [-0.25, -0.2) is 0 Å². The smallest absolute Gasteiger partial charge is 0.0820 e. The summed E-state index contributed by atoms with van der Waals surface area (Å²) in [4.78, 5) is 0. The number of rotatable bonds is 2. The van der Waals surface area contributed by atoms with E-state index in [0.29, 0.717) is 5.92 Å². The maximum absolute atomic E-state index is 10.6. The van der Waals surface area contributed by atoms with Crippen LogP contribution in [0.5, 0.6) is 0 Å². The average molecular weight is 325 g/mol. The molecule has 1 heterocycles. The number of benzene rings is 1. The lowest BCUT2D eigenvalue weighted by atomic mass is 9.70. The molecular weight excluding hydrogens is 304 g/mol. The van der Waals surface area contributed by atoms with Gasteiger partial charge in [0.1, 0.15) is 0 Å². The number of aliphatic hydroxyl groups excluding tert-OH is 1. The molecule has 2 aliphatic rings. The fraction of sp³-hybridized carbons (Fsp3) is 0.625. The monoisotopic (exact) mass is 324 g/mol. The molecule has 0 amide bonds. The van der Waals surface area contributed by atoms with E-state index < -0.39 is 0 Å². The van der Waals surface area contributed by atoms with Crippen molar-refractivity contribution >= 4 is 15.9 Å². The number of halogens is 1. The van der Waals surface area contributed by atoms with Gasteiger partial charge in [0.05, 0.1) is 11.7 Å². The summed E-state index contributed by atoms with van der Waals surface area (Å²) in [5.41, 5.74) is 2.34. The van der Waals surface area contributed by atoms with Crippen LogP contribution in [0.2, 0.25) is 0 Å². The molecule has 2 nitrogen and oxygen atoms in total. The summed E-state index contributed by atoms with van der Waals surface area (Å²) in [7, 11) is 0. The molecule has 1 spiro atoms. The maximum Gasteiger partial charge on any atom is 0.0820 e. The first kappa shape index (κ1) is 13.6. The van der Waals surface area contributed by atoms with Crippen LogP contribution in [0.4, 0.5) is 0 Å². The molecule has 2 atom stereocenters. The molecule has 1 N–H and O–H groups in total. The van der Waals surface area contributed by atoms with Gasteiger partial charge in [-0.15, -0.1) is 0 Å². The van der Waals surface area contributed by atoms with Crippen molar-refractivity contribution in [3.05, 3.63) is 33.8 Å². The Hall–Kier alpha value is -0.380. The van der Waals surface area contributed by atoms with E-state index in [1.54, 1.807) is 0 Å². The van der Waals surface area contributed by atoms with Gasteiger partial charge in [-0.2, -0.15) is 0 Å². The van der Waals surface area contributed by atoms with Gasteiger partial charge in [-0.3, -0.25) is 0 Å². The Labute approximate surface area is 123 Å². The van der Waals surface area contributed by atoms with Crippen molar-refractivity contribution in [3.63, 3.8) is 0 Å². The highest BCUT2D eigenvalue weighted by atomic mass is 79.9. The van der Waals surface area contributed by atoms with E-state index in [1.165, 1.54) is 24.8 Å². The van der Waals surface area contributed by atoms with Crippen molar-refractivity contribution in [3.8, 4) is 0 Å². The Bertz CT molecular complexity index is 468. The molecule has 19 heavy (non-hydrogen) atoms. The zero-order chi connectivity index (χ0) is 13.5. The number of aryl methyl sites for hydroxylation is 1. The van der Waals surface area contributed by atoms with Crippen molar-refractivity contribution in [2.45, 2.75) is 50.7 Å². The van der Waals surface area contributed by atoms with Crippen LogP contribution in [0, 0.1) is 12.8 Å². The van der Waals surface area contributed by atoms with Crippen molar-refractivity contribution < 1.29 is 9.84 Å². The highest BCUT2D eigenvalue weighted by molar-refractivity contribution is 9.10. The van der Waals surface area contributed by atoms with Gasteiger partial charge in [0.15, 0.2) is 0 Å². The predicted molar refractivity (Wildman–Crippen MR) is 79.1 cm³/mol. The molecule has 1 aliphatic heterocycles. The van der Waals surface area contributed by atoms with E-state index >= 15 is 0 Å². The van der Waals surface area contributed by atoms with Crippen molar-refractivity contribution in [1.82, 2.24) is 0 Å². The zero-order valence-corrected chi connectivity index (χ0v) is 12.9. The van der Waals surface area contributed by atoms with E-state index in [4.69, 9.17) is 4.74 Å². The minimum atomic E-state index is -0.363. The Morgan fingerprint density at radius 1 is 1.42 bits per heavy atom. The molecule has 2 unspecified atom stereocenters. The first-order valence-corrected chi connectivity index (χ1v) is 7.97. The van der Waals surface area contributed by atoms with E-state index in [-0.39, 0.29) is 11.7 Å². The molecule has 104 valence electrons. The lowest BCUT2D eigenvalue weighted by Gasteiger charge is -2.48. The molecule has 1 saturated carbocycles. The summed E-state index contributed by atoms with van der Waals surface area (Å²) in [6, 6.07) is 6.18. The molecule has 3 heteroatoms. The minimum absolute atomic E-state index is 0.103. The van der Waals surface area contributed by atoms with Crippen molar-refractivity contribution in [2.75, 3.05) is 6.61 Å². The number of aliphatic hydroxyl groups is 1. The van der Waals surface area contributed by atoms with Gasteiger partial charge in [0, 0.05) is 11.1 Å². The number of ether oxygens (including phenoxy) is 1. The molecule has 0 bridgehead atoms. The minimum Gasteiger partial charge on any atom is -0.388 e. The summed E-state index contributed by atoms with van der Waals surface area (Å²) in [6.45, 7) is 2.87. The third-order valence-electron chi connectivity index (χ3n) is 4.78. The van der Waals surface area contributed by atoms with Crippen LogP contribution < -0.4 is 0 Å². The Morgan fingerprint density at radius 2 is 2.21 bits per heavy atom. The summed E-state index contributed by atoms with van der Waals surface area (Å²) >= 11 is 3.55. The second-order valence-electron chi connectivity index (χ2n) is 6.09. The van der Waals surface area contributed by atoms with Crippen LogP contribution in [0.1, 0.15) is 49.3 Å². The molecule has 2 fully saturated rings. The van der Waals surface area contributed by atoms with Crippen LogP contribution in [0.25, 0.3) is 0 Å². The molecule has 0 radical (unpaired) electrons. The Morgan fingerprint density at radius 3 is 2.84 bits per heavy atom. The van der Waals surface area contributed by atoms with Gasteiger partial charge in [-0.05, 0) is 62.1 Å². The van der Waals surface area contributed by atoms with Gasteiger partial charge in [0.2, 0.25) is 0 Å². The largest absolute Gasteiger partial charge is 0.388 e. The Kier molecular flexibility index (Phi) is 3.71. The SMILES string of the molecule is Cc1ccc(C(O)C2CCOC3(CCC3)C2)cc1Br. The Balaban J connectivity index is 1.75. The van der Waals surface area contributed by atoms with Gasteiger partial charge < -0.3 is 9.84 Å². The fourth-order valence-corrected chi connectivity index (χ4v) is 3.72. The third-order valence-corrected chi connectivity index (χ3v) is 5.63. The predicted octanol–water partition coefficient (Wildman–Crippen LogP) is 4.14. The first-order chi connectivity index (χ1) is 9.10. The van der Waals surface area contributed by atoms with Crippen LogP contribution in [0.15, 0.2) is 22.7 Å². The van der Waals surface area contributed by atoms with Crippen LogP contribution in [0.3, 0.4) is 0 Å². The molecule has 1 aliphatic carbocycles. The number of hydrogen-bond acceptors (Lipinski definition) is 2.